The normalized spacial score (nSPS) is 23.0. The molecule has 2 fully saturated rings. The number of hydrogen-bond acceptors (Lipinski definition) is 4. The second kappa shape index (κ2) is 7.17. The molecule has 0 radical (unpaired) electrons. The molecule has 130 valence electrons. The Bertz CT molecular complexity index is 631. The summed E-state index contributed by atoms with van der Waals surface area (Å²) in [5.41, 5.74) is 1.38. The van der Waals surface area contributed by atoms with Gasteiger partial charge < -0.3 is 20.1 Å². The standard InChI is InChI=1S/C17H21FN2O4/c18-14-9-11(1-2-15(14)20-5-7-24-8-6-20)3-4-19-16(21)12-10-13(12)17(22)23/h1-2,9,12-13H,3-8,10H2,(H,19,21)(H,22,23)/t12-,13-/m1/s1. The molecular weight excluding hydrogens is 315 g/mol. The Labute approximate surface area is 139 Å². The lowest BCUT2D eigenvalue weighted by atomic mass is 10.1. The minimum absolute atomic E-state index is 0.229. The summed E-state index contributed by atoms with van der Waals surface area (Å²) < 4.78 is 19.5. The SMILES string of the molecule is O=C(O)[C@@H]1C[C@H]1C(=O)NCCc1ccc(N2CCOCC2)c(F)c1. The van der Waals surface area contributed by atoms with Crippen LogP contribution in [-0.4, -0.2) is 49.8 Å². The van der Waals surface area contributed by atoms with Crippen LogP contribution in [0, 0.1) is 17.7 Å². The van der Waals surface area contributed by atoms with Crippen molar-refractivity contribution in [2.45, 2.75) is 12.8 Å². The van der Waals surface area contributed by atoms with Gasteiger partial charge in [0, 0.05) is 19.6 Å². The molecule has 2 atom stereocenters. The van der Waals surface area contributed by atoms with E-state index in [4.69, 9.17) is 9.84 Å². The van der Waals surface area contributed by atoms with E-state index in [9.17, 15) is 14.0 Å². The number of ether oxygens (including phenoxy) is 1. The van der Waals surface area contributed by atoms with Crippen LogP contribution < -0.4 is 10.2 Å². The van der Waals surface area contributed by atoms with E-state index in [0.717, 1.165) is 5.56 Å². The fourth-order valence-corrected chi connectivity index (χ4v) is 2.99. The molecule has 1 heterocycles. The third kappa shape index (κ3) is 3.84. The lowest BCUT2D eigenvalue weighted by Crippen LogP contribution is -2.36. The minimum atomic E-state index is -0.920. The third-order valence-corrected chi connectivity index (χ3v) is 4.52. The lowest BCUT2D eigenvalue weighted by molar-refractivity contribution is -0.140. The van der Waals surface area contributed by atoms with Crippen LogP contribution in [0.3, 0.4) is 0 Å². The molecule has 6 nitrogen and oxygen atoms in total. The minimum Gasteiger partial charge on any atom is -0.481 e. The molecule has 1 amide bonds. The van der Waals surface area contributed by atoms with Gasteiger partial charge in [-0.15, -0.1) is 0 Å². The Morgan fingerprint density at radius 3 is 2.67 bits per heavy atom. The van der Waals surface area contributed by atoms with Gasteiger partial charge in [-0.25, -0.2) is 4.39 Å². The number of morpholine rings is 1. The molecule has 0 bridgehead atoms. The van der Waals surface area contributed by atoms with Gasteiger partial charge in [0.25, 0.3) is 0 Å². The van der Waals surface area contributed by atoms with E-state index in [1.54, 1.807) is 6.07 Å². The summed E-state index contributed by atoms with van der Waals surface area (Å²) in [6, 6.07) is 5.12. The highest BCUT2D eigenvalue weighted by Gasteiger charge is 2.48. The monoisotopic (exact) mass is 336 g/mol. The van der Waals surface area contributed by atoms with Crippen LogP contribution in [-0.2, 0) is 20.7 Å². The zero-order chi connectivity index (χ0) is 17.1. The molecule has 0 unspecified atom stereocenters. The van der Waals surface area contributed by atoms with E-state index in [1.165, 1.54) is 6.07 Å². The molecule has 1 aliphatic carbocycles. The highest BCUT2D eigenvalue weighted by Crippen LogP contribution is 2.38. The van der Waals surface area contributed by atoms with E-state index in [1.807, 2.05) is 11.0 Å². The number of hydrogen-bond donors (Lipinski definition) is 2. The maximum absolute atomic E-state index is 14.3. The van der Waals surface area contributed by atoms with Gasteiger partial charge >= 0.3 is 5.97 Å². The molecule has 2 N–H and O–H groups in total. The smallest absolute Gasteiger partial charge is 0.307 e. The van der Waals surface area contributed by atoms with Crippen molar-refractivity contribution in [3.63, 3.8) is 0 Å². The van der Waals surface area contributed by atoms with Gasteiger partial charge in [-0.05, 0) is 30.5 Å². The van der Waals surface area contributed by atoms with Crippen LogP contribution in [0.2, 0.25) is 0 Å². The summed E-state index contributed by atoms with van der Waals surface area (Å²) >= 11 is 0. The number of benzene rings is 1. The molecule has 3 rings (SSSR count). The Balaban J connectivity index is 1.48. The Kier molecular flexibility index (Phi) is 4.99. The first-order valence-corrected chi connectivity index (χ1v) is 8.18. The first-order chi connectivity index (χ1) is 11.6. The number of anilines is 1. The van der Waals surface area contributed by atoms with Gasteiger partial charge in [-0.3, -0.25) is 9.59 Å². The van der Waals surface area contributed by atoms with Crippen molar-refractivity contribution in [2.24, 2.45) is 11.8 Å². The van der Waals surface area contributed by atoms with Crippen molar-refractivity contribution >= 4 is 17.6 Å². The van der Waals surface area contributed by atoms with Crippen LogP contribution in [0.4, 0.5) is 10.1 Å². The molecular formula is C17H21FN2O4. The van der Waals surface area contributed by atoms with Gasteiger partial charge in [0.2, 0.25) is 5.91 Å². The predicted molar refractivity (Wildman–Crippen MR) is 85.4 cm³/mol. The second-order valence-corrected chi connectivity index (χ2v) is 6.21. The molecule has 1 aromatic carbocycles. The molecule has 1 saturated carbocycles. The fourth-order valence-electron chi connectivity index (χ4n) is 2.99. The quantitative estimate of drug-likeness (QED) is 0.812. The van der Waals surface area contributed by atoms with Gasteiger partial charge in [0.1, 0.15) is 5.82 Å². The number of carboxylic acids is 1. The Morgan fingerprint density at radius 1 is 1.29 bits per heavy atom. The Hall–Kier alpha value is -2.15. The van der Waals surface area contributed by atoms with E-state index < -0.39 is 17.8 Å². The molecule has 0 spiro atoms. The fraction of sp³-hybridized carbons (Fsp3) is 0.529. The van der Waals surface area contributed by atoms with Gasteiger partial charge in [0.15, 0.2) is 0 Å². The summed E-state index contributed by atoms with van der Waals surface area (Å²) in [7, 11) is 0. The number of halogens is 1. The lowest BCUT2D eigenvalue weighted by Gasteiger charge is -2.29. The Morgan fingerprint density at radius 2 is 2.04 bits per heavy atom. The van der Waals surface area contributed by atoms with Crippen LogP contribution in [0.5, 0.6) is 0 Å². The van der Waals surface area contributed by atoms with E-state index >= 15 is 0 Å². The van der Waals surface area contributed by atoms with Gasteiger partial charge in [-0.1, -0.05) is 6.07 Å². The van der Waals surface area contributed by atoms with Crippen molar-refractivity contribution in [1.29, 1.82) is 0 Å². The number of amides is 1. The number of carbonyl (C=O) groups is 2. The summed E-state index contributed by atoms with van der Waals surface area (Å²) in [6.45, 7) is 2.94. The number of nitrogens with zero attached hydrogens (tertiary/aromatic N) is 1. The topological polar surface area (TPSA) is 78.9 Å². The van der Waals surface area contributed by atoms with Gasteiger partial charge in [0.05, 0.1) is 30.7 Å². The number of rotatable bonds is 6. The second-order valence-electron chi connectivity index (χ2n) is 6.21. The molecule has 2 aliphatic rings. The van der Waals surface area contributed by atoms with Crippen LogP contribution in [0.25, 0.3) is 0 Å². The van der Waals surface area contributed by atoms with Crippen molar-refractivity contribution in [2.75, 3.05) is 37.7 Å². The van der Waals surface area contributed by atoms with Crippen LogP contribution in [0.15, 0.2) is 18.2 Å². The number of nitrogens with one attached hydrogen (secondary N) is 1. The molecule has 0 aromatic heterocycles. The van der Waals surface area contributed by atoms with Crippen LogP contribution >= 0.6 is 0 Å². The number of aliphatic carboxylic acids is 1. The maximum atomic E-state index is 14.3. The predicted octanol–water partition coefficient (Wildman–Crippen LogP) is 1.04. The molecule has 1 aliphatic heterocycles. The maximum Gasteiger partial charge on any atom is 0.307 e. The average Bonchev–Trinajstić information content (AvgIpc) is 3.37. The summed E-state index contributed by atoms with van der Waals surface area (Å²) in [5, 5.41) is 11.5. The van der Waals surface area contributed by atoms with Crippen molar-refractivity contribution in [3.05, 3.63) is 29.6 Å². The average molecular weight is 336 g/mol. The zero-order valence-corrected chi connectivity index (χ0v) is 13.3. The summed E-state index contributed by atoms with van der Waals surface area (Å²) in [6.07, 6.45) is 0.917. The summed E-state index contributed by atoms with van der Waals surface area (Å²) in [5.74, 6) is -2.38. The first kappa shape index (κ1) is 16.7. The van der Waals surface area contributed by atoms with Crippen molar-refractivity contribution in [3.8, 4) is 0 Å². The third-order valence-electron chi connectivity index (χ3n) is 4.52. The van der Waals surface area contributed by atoms with Crippen molar-refractivity contribution in [1.82, 2.24) is 5.32 Å². The molecule has 7 heteroatoms. The van der Waals surface area contributed by atoms with E-state index in [2.05, 4.69) is 5.32 Å². The highest BCUT2D eigenvalue weighted by atomic mass is 19.1. The summed E-state index contributed by atoms with van der Waals surface area (Å²) in [4.78, 5) is 24.5. The highest BCUT2D eigenvalue weighted by molar-refractivity contribution is 5.89. The van der Waals surface area contributed by atoms with Gasteiger partial charge in [-0.2, -0.15) is 0 Å². The molecule has 1 saturated heterocycles. The molecule has 1 aromatic rings. The number of carbonyl (C=O) groups excluding carboxylic acids is 1. The van der Waals surface area contributed by atoms with Crippen molar-refractivity contribution < 1.29 is 23.8 Å². The number of carboxylic acid groups (broad SMARTS) is 1. The zero-order valence-electron chi connectivity index (χ0n) is 13.3. The first-order valence-electron chi connectivity index (χ1n) is 8.18. The van der Waals surface area contributed by atoms with E-state index in [-0.39, 0.29) is 11.7 Å². The van der Waals surface area contributed by atoms with Crippen LogP contribution in [0.1, 0.15) is 12.0 Å². The largest absolute Gasteiger partial charge is 0.481 e. The molecule has 24 heavy (non-hydrogen) atoms. The van der Waals surface area contributed by atoms with E-state index in [0.29, 0.717) is 51.4 Å².